The van der Waals surface area contributed by atoms with E-state index in [1.165, 1.54) is 38.5 Å². The summed E-state index contributed by atoms with van der Waals surface area (Å²) < 4.78 is 0. The zero-order valence-electron chi connectivity index (χ0n) is 11.7. The third kappa shape index (κ3) is 4.45. The second kappa shape index (κ2) is 6.64. The monoisotopic (exact) mass is 225 g/mol. The van der Waals surface area contributed by atoms with E-state index in [1.807, 2.05) is 0 Å². The summed E-state index contributed by atoms with van der Waals surface area (Å²) in [4.78, 5) is 0. The molecule has 1 heteroatoms. The molecule has 0 spiro atoms. The van der Waals surface area contributed by atoms with Crippen LogP contribution in [0.3, 0.4) is 0 Å². The predicted molar refractivity (Wildman–Crippen MR) is 72.3 cm³/mol. The van der Waals surface area contributed by atoms with Gasteiger partial charge in [-0.2, -0.15) is 0 Å². The Balaban J connectivity index is 2.43. The first-order valence-electron chi connectivity index (χ1n) is 7.26. The highest BCUT2D eigenvalue weighted by Crippen LogP contribution is 2.35. The molecule has 0 saturated heterocycles. The van der Waals surface area contributed by atoms with Crippen LogP contribution in [0.4, 0.5) is 0 Å². The Bertz CT molecular complexity index is 188. The fraction of sp³-hybridized carbons (Fsp3) is 1.00. The van der Waals surface area contributed by atoms with Gasteiger partial charge in [0, 0.05) is 6.04 Å². The zero-order valence-corrected chi connectivity index (χ0v) is 11.7. The number of hydrogen-bond acceptors (Lipinski definition) is 1. The first kappa shape index (κ1) is 14.0. The predicted octanol–water partition coefficient (Wildman–Crippen LogP) is 4.21. The van der Waals surface area contributed by atoms with Crippen LogP contribution in [-0.4, -0.2) is 6.04 Å². The average molecular weight is 225 g/mol. The SMILES string of the molecule is CC(N)CCC1CCC(C)C(C)CCC1C. The number of rotatable bonds is 3. The maximum atomic E-state index is 5.87. The molecule has 1 rings (SSSR count). The molecule has 96 valence electrons. The molecule has 0 amide bonds. The van der Waals surface area contributed by atoms with Gasteiger partial charge in [0.2, 0.25) is 0 Å². The minimum atomic E-state index is 0.383. The second-order valence-corrected chi connectivity index (χ2v) is 6.40. The lowest BCUT2D eigenvalue weighted by Gasteiger charge is -2.32. The van der Waals surface area contributed by atoms with E-state index in [0.29, 0.717) is 6.04 Å². The van der Waals surface area contributed by atoms with Gasteiger partial charge in [-0.3, -0.25) is 0 Å². The van der Waals surface area contributed by atoms with Crippen molar-refractivity contribution in [3.63, 3.8) is 0 Å². The van der Waals surface area contributed by atoms with E-state index in [2.05, 4.69) is 27.7 Å². The molecule has 5 atom stereocenters. The van der Waals surface area contributed by atoms with Crippen LogP contribution in [-0.2, 0) is 0 Å². The van der Waals surface area contributed by atoms with Crippen molar-refractivity contribution in [3.8, 4) is 0 Å². The van der Waals surface area contributed by atoms with Gasteiger partial charge in [-0.25, -0.2) is 0 Å². The summed E-state index contributed by atoms with van der Waals surface area (Å²) in [6.07, 6.45) is 8.26. The van der Waals surface area contributed by atoms with Crippen LogP contribution in [0.15, 0.2) is 0 Å². The fourth-order valence-corrected chi connectivity index (χ4v) is 3.00. The lowest BCUT2D eigenvalue weighted by Crippen LogP contribution is -2.23. The van der Waals surface area contributed by atoms with Gasteiger partial charge < -0.3 is 5.73 Å². The highest BCUT2D eigenvalue weighted by molar-refractivity contribution is 4.76. The topological polar surface area (TPSA) is 26.0 Å². The van der Waals surface area contributed by atoms with Crippen molar-refractivity contribution in [2.45, 2.75) is 72.3 Å². The Morgan fingerprint density at radius 2 is 1.44 bits per heavy atom. The molecule has 16 heavy (non-hydrogen) atoms. The van der Waals surface area contributed by atoms with E-state index in [-0.39, 0.29) is 0 Å². The van der Waals surface area contributed by atoms with Gasteiger partial charge in [-0.05, 0) is 49.9 Å². The number of hydrogen-bond donors (Lipinski definition) is 1. The molecule has 0 aliphatic heterocycles. The Morgan fingerprint density at radius 3 is 2.00 bits per heavy atom. The molecule has 0 aromatic rings. The van der Waals surface area contributed by atoms with Gasteiger partial charge in [0.1, 0.15) is 0 Å². The molecule has 5 unspecified atom stereocenters. The highest BCUT2D eigenvalue weighted by Gasteiger charge is 2.24. The normalized spacial score (nSPS) is 38.8. The van der Waals surface area contributed by atoms with Gasteiger partial charge in [-0.1, -0.05) is 40.0 Å². The maximum absolute atomic E-state index is 5.87. The van der Waals surface area contributed by atoms with Crippen molar-refractivity contribution in [2.24, 2.45) is 29.4 Å². The maximum Gasteiger partial charge on any atom is 0.00105 e. The summed E-state index contributed by atoms with van der Waals surface area (Å²) >= 11 is 0. The molecule has 0 bridgehead atoms. The molecule has 0 radical (unpaired) electrons. The fourth-order valence-electron chi connectivity index (χ4n) is 3.00. The van der Waals surface area contributed by atoms with E-state index in [0.717, 1.165) is 23.7 Å². The van der Waals surface area contributed by atoms with Gasteiger partial charge in [0.25, 0.3) is 0 Å². The summed E-state index contributed by atoms with van der Waals surface area (Å²) in [5.74, 6) is 3.69. The Morgan fingerprint density at radius 1 is 0.938 bits per heavy atom. The minimum Gasteiger partial charge on any atom is -0.328 e. The van der Waals surface area contributed by atoms with Crippen LogP contribution >= 0.6 is 0 Å². The third-order valence-corrected chi connectivity index (χ3v) is 4.84. The van der Waals surface area contributed by atoms with E-state index in [1.54, 1.807) is 0 Å². The highest BCUT2D eigenvalue weighted by atomic mass is 14.6. The van der Waals surface area contributed by atoms with Gasteiger partial charge in [-0.15, -0.1) is 0 Å². The van der Waals surface area contributed by atoms with Crippen LogP contribution in [0, 0.1) is 23.7 Å². The Hall–Kier alpha value is -0.0400. The molecule has 1 saturated carbocycles. The van der Waals surface area contributed by atoms with Gasteiger partial charge in [0.05, 0.1) is 0 Å². The standard InChI is InChI=1S/C15H31N/c1-11-5-6-13(3)15(9-7-12(11)2)10-8-14(4)16/h11-15H,5-10,16H2,1-4H3. The summed E-state index contributed by atoms with van der Waals surface area (Å²) in [5, 5.41) is 0. The first-order chi connectivity index (χ1) is 7.50. The molecule has 1 nitrogen and oxygen atoms in total. The van der Waals surface area contributed by atoms with E-state index >= 15 is 0 Å². The lowest BCUT2D eigenvalue weighted by molar-refractivity contribution is 0.195. The van der Waals surface area contributed by atoms with Gasteiger partial charge in [0.15, 0.2) is 0 Å². The van der Waals surface area contributed by atoms with Crippen LogP contribution < -0.4 is 5.73 Å². The molecular weight excluding hydrogens is 194 g/mol. The summed E-state index contributed by atoms with van der Waals surface area (Å²) in [6.45, 7) is 9.45. The average Bonchev–Trinajstić information content (AvgIpc) is 2.23. The van der Waals surface area contributed by atoms with Crippen molar-refractivity contribution >= 4 is 0 Å². The molecule has 0 heterocycles. The third-order valence-electron chi connectivity index (χ3n) is 4.84. The lowest BCUT2D eigenvalue weighted by atomic mass is 9.74. The van der Waals surface area contributed by atoms with E-state index < -0.39 is 0 Å². The summed E-state index contributed by atoms with van der Waals surface area (Å²) in [5.41, 5.74) is 5.87. The summed E-state index contributed by atoms with van der Waals surface area (Å²) in [6, 6.07) is 0.383. The number of nitrogens with two attached hydrogens (primary N) is 1. The quantitative estimate of drug-likeness (QED) is 0.765. The van der Waals surface area contributed by atoms with Crippen LogP contribution in [0.2, 0.25) is 0 Å². The Labute approximate surface area is 102 Å². The van der Waals surface area contributed by atoms with E-state index in [9.17, 15) is 0 Å². The molecule has 1 aliphatic carbocycles. The van der Waals surface area contributed by atoms with Crippen molar-refractivity contribution in [3.05, 3.63) is 0 Å². The first-order valence-corrected chi connectivity index (χ1v) is 7.26. The van der Waals surface area contributed by atoms with Crippen molar-refractivity contribution < 1.29 is 0 Å². The Kier molecular flexibility index (Phi) is 5.82. The van der Waals surface area contributed by atoms with Gasteiger partial charge >= 0.3 is 0 Å². The van der Waals surface area contributed by atoms with Crippen LogP contribution in [0.1, 0.15) is 66.2 Å². The van der Waals surface area contributed by atoms with Crippen LogP contribution in [0.5, 0.6) is 0 Å². The van der Waals surface area contributed by atoms with E-state index in [4.69, 9.17) is 5.73 Å². The molecule has 1 fully saturated rings. The molecule has 1 aliphatic rings. The smallest absolute Gasteiger partial charge is 0.00105 e. The van der Waals surface area contributed by atoms with Crippen LogP contribution in [0.25, 0.3) is 0 Å². The second-order valence-electron chi connectivity index (χ2n) is 6.40. The van der Waals surface area contributed by atoms with Crippen molar-refractivity contribution in [1.29, 1.82) is 0 Å². The minimum absolute atomic E-state index is 0.383. The van der Waals surface area contributed by atoms with Crippen molar-refractivity contribution in [1.82, 2.24) is 0 Å². The van der Waals surface area contributed by atoms with Crippen molar-refractivity contribution in [2.75, 3.05) is 0 Å². The molecule has 0 aromatic heterocycles. The molecule has 0 aromatic carbocycles. The zero-order chi connectivity index (χ0) is 12.1. The molecule has 2 N–H and O–H groups in total. The largest absolute Gasteiger partial charge is 0.328 e. The molecular formula is C15H31N. The summed E-state index contributed by atoms with van der Waals surface area (Å²) in [7, 11) is 0.